The highest BCUT2D eigenvalue weighted by Gasteiger charge is 2.16. The summed E-state index contributed by atoms with van der Waals surface area (Å²) in [5.41, 5.74) is 1.58. The van der Waals surface area contributed by atoms with Crippen LogP contribution >= 0.6 is 22.7 Å². The van der Waals surface area contributed by atoms with Gasteiger partial charge in [0, 0.05) is 23.9 Å². The van der Waals surface area contributed by atoms with Crippen molar-refractivity contribution in [2.45, 2.75) is 6.42 Å². The lowest BCUT2D eigenvalue weighted by Crippen LogP contribution is -2.26. The number of hydrogen-bond acceptors (Lipinski definition) is 7. The molecule has 1 N–H and O–H groups in total. The molecule has 136 valence electrons. The van der Waals surface area contributed by atoms with Crippen LogP contribution in [-0.4, -0.2) is 33.8 Å². The monoisotopic (exact) mass is 398 g/mol. The third-order valence-corrected chi connectivity index (χ3v) is 5.92. The van der Waals surface area contributed by atoms with Crippen LogP contribution in [0, 0.1) is 0 Å². The van der Waals surface area contributed by atoms with Crippen LogP contribution in [-0.2, 0) is 6.42 Å². The van der Waals surface area contributed by atoms with Gasteiger partial charge in [0.25, 0.3) is 5.91 Å². The number of thiazole rings is 1. The number of nitrogens with zero attached hydrogens (tertiary/aromatic N) is 3. The Kier molecular flexibility index (Phi) is 4.02. The number of rotatable bonds is 5. The fraction of sp³-hybridized carbons (Fsp3) is 0.167. The van der Waals surface area contributed by atoms with Gasteiger partial charge in [0.1, 0.15) is 0 Å². The zero-order chi connectivity index (χ0) is 18.2. The maximum absolute atomic E-state index is 12.4. The molecule has 0 bridgehead atoms. The van der Waals surface area contributed by atoms with E-state index in [-0.39, 0.29) is 12.7 Å². The van der Waals surface area contributed by atoms with Crippen LogP contribution in [0.25, 0.3) is 15.7 Å². The van der Waals surface area contributed by atoms with Crippen molar-refractivity contribution in [3.63, 3.8) is 0 Å². The molecule has 9 heteroatoms. The molecular weight excluding hydrogens is 384 g/mol. The molecule has 27 heavy (non-hydrogen) atoms. The van der Waals surface area contributed by atoms with E-state index in [9.17, 15) is 4.79 Å². The largest absolute Gasteiger partial charge is 0.454 e. The summed E-state index contributed by atoms with van der Waals surface area (Å²) >= 11 is 3.17. The molecule has 1 aromatic carbocycles. The van der Waals surface area contributed by atoms with Crippen LogP contribution in [0.1, 0.15) is 16.1 Å². The SMILES string of the molecule is O=C(NCCc1csc2nc(-c3cccs3)nn12)c1ccc2c(c1)OCO2. The van der Waals surface area contributed by atoms with E-state index in [0.29, 0.717) is 30.0 Å². The zero-order valence-electron chi connectivity index (χ0n) is 14.0. The molecule has 1 aliphatic heterocycles. The van der Waals surface area contributed by atoms with Crippen molar-refractivity contribution in [3.05, 3.63) is 52.3 Å². The topological polar surface area (TPSA) is 77.8 Å². The van der Waals surface area contributed by atoms with Gasteiger partial charge < -0.3 is 14.8 Å². The van der Waals surface area contributed by atoms with E-state index < -0.39 is 0 Å². The minimum atomic E-state index is -0.141. The third kappa shape index (κ3) is 3.04. The second kappa shape index (κ2) is 6.67. The number of carbonyl (C=O) groups is 1. The van der Waals surface area contributed by atoms with Gasteiger partial charge in [0.15, 0.2) is 17.3 Å². The van der Waals surface area contributed by atoms with E-state index in [4.69, 9.17) is 9.47 Å². The number of ether oxygens (including phenoxy) is 2. The van der Waals surface area contributed by atoms with Crippen molar-refractivity contribution < 1.29 is 14.3 Å². The molecule has 7 nitrogen and oxygen atoms in total. The maximum atomic E-state index is 12.4. The molecule has 3 aromatic heterocycles. The summed E-state index contributed by atoms with van der Waals surface area (Å²) in [4.78, 5) is 18.8. The van der Waals surface area contributed by atoms with E-state index >= 15 is 0 Å². The number of fused-ring (bicyclic) bond motifs is 2. The van der Waals surface area contributed by atoms with Gasteiger partial charge in [-0.3, -0.25) is 4.79 Å². The van der Waals surface area contributed by atoms with Crippen molar-refractivity contribution in [2.24, 2.45) is 0 Å². The van der Waals surface area contributed by atoms with Crippen LogP contribution in [0.4, 0.5) is 0 Å². The Morgan fingerprint density at radius 2 is 2.15 bits per heavy atom. The van der Waals surface area contributed by atoms with Gasteiger partial charge in [0.05, 0.1) is 10.6 Å². The summed E-state index contributed by atoms with van der Waals surface area (Å²) in [6, 6.07) is 9.18. The average Bonchev–Trinajstić information content (AvgIpc) is 3.44. The van der Waals surface area contributed by atoms with E-state index in [1.54, 1.807) is 40.9 Å². The number of carbonyl (C=O) groups excluding carboxylic acids is 1. The van der Waals surface area contributed by atoms with E-state index in [1.807, 2.05) is 27.4 Å². The van der Waals surface area contributed by atoms with Gasteiger partial charge in [-0.05, 0) is 29.6 Å². The fourth-order valence-corrected chi connectivity index (χ4v) is 4.36. The summed E-state index contributed by atoms with van der Waals surface area (Å²) in [7, 11) is 0. The minimum Gasteiger partial charge on any atom is -0.454 e. The highest BCUT2D eigenvalue weighted by Crippen LogP contribution is 2.32. The Hall–Kier alpha value is -2.91. The van der Waals surface area contributed by atoms with Gasteiger partial charge in [0.2, 0.25) is 11.8 Å². The van der Waals surface area contributed by atoms with Gasteiger partial charge in [-0.2, -0.15) is 4.98 Å². The Bertz CT molecular complexity index is 1120. The molecular formula is C18H14N4O3S2. The molecule has 0 atom stereocenters. The van der Waals surface area contributed by atoms with E-state index in [0.717, 1.165) is 21.4 Å². The molecule has 1 amide bonds. The first-order chi connectivity index (χ1) is 13.3. The first kappa shape index (κ1) is 16.3. The van der Waals surface area contributed by atoms with Crippen LogP contribution in [0.2, 0.25) is 0 Å². The van der Waals surface area contributed by atoms with E-state index in [2.05, 4.69) is 15.4 Å². The summed E-state index contributed by atoms with van der Waals surface area (Å²) < 4.78 is 12.4. The quantitative estimate of drug-likeness (QED) is 0.559. The Balaban J connectivity index is 1.25. The highest BCUT2D eigenvalue weighted by atomic mass is 32.1. The van der Waals surface area contributed by atoms with Crippen molar-refractivity contribution in [2.75, 3.05) is 13.3 Å². The average molecular weight is 398 g/mol. The summed E-state index contributed by atoms with van der Waals surface area (Å²) in [6.45, 7) is 0.702. The lowest BCUT2D eigenvalue weighted by atomic mass is 10.2. The second-order valence-corrected chi connectivity index (χ2v) is 7.69. The fourth-order valence-electron chi connectivity index (χ4n) is 2.85. The van der Waals surface area contributed by atoms with Crippen molar-refractivity contribution in [3.8, 4) is 22.2 Å². The predicted octanol–water partition coefficient (Wildman–Crippen LogP) is 3.22. The third-order valence-electron chi connectivity index (χ3n) is 4.19. The number of nitrogens with one attached hydrogen (secondary N) is 1. The maximum Gasteiger partial charge on any atom is 0.251 e. The van der Waals surface area contributed by atoms with Crippen LogP contribution < -0.4 is 14.8 Å². The Morgan fingerprint density at radius 3 is 3.04 bits per heavy atom. The summed E-state index contributed by atoms with van der Waals surface area (Å²) in [5, 5.41) is 11.6. The molecule has 0 fully saturated rings. The second-order valence-electron chi connectivity index (χ2n) is 5.91. The number of thiophene rings is 1. The van der Waals surface area contributed by atoms with Gasteiger partial charge in [-0.15, -0.1) is 27.8 Å². The molecule has 5 rings (SSSR count). The van der Waals surface area contributed by atoms with Crippen molar-refractivity contribution >= 4 is 33.5 Å². The van der Waals surface area contributed by atoms with Crippen molar-refractivity contribution in [1.82, 2.24) is 19.9 Å². The first-order valence-electron chi connectivity index (χ1n) is 8.33. The molecule has 4 heterocycles. The summed E-state index contributed by atoms with van der Waals surface area (Å²) in [6.07, 6.45) is 0.670. The zero-order valence-corrected chi connectivity index (χ0v) is 15.7. The smallest absolute Gasteiger partial charge is 0.251 e. The van der Waals surface area contributed by atoms with Crippen LogP contribution in [0.15, 0.2) is 41.1 Å². The van der Waals surface area contributed by atoms with E-state index in [1.165, 1.54) is 0 Å². The van der Waals surface area contributed by atoms with Crippen LogP contribution in [0.3, 0.4) is 0 Å². The summed E-state index contributed by atoms with van der Waals surface area (Å²) in [5.74, 6) is 1.87. The highest BCUT2D eigenvalue weighted by molar-refractivity contribution is 7.15. The molecule has 1 aliphatic rings. The van der Waals surface area contributed by atoms with Gasteiger partial charge in [-0.1, -0.05) is 6.07 Å². The lowest BCUT2D eigenvalue weighted by molar-refractivity contribution is 0.0953. The number of benzene rings is 1. The molecule has 0 radical (unpaired) electrons. The normalized spacial score (nSPS) is 12.6. The minimum absolute atomic E-state index is 0.141. The number of amides is 1. The molecule has 0 aliphatic carbocycles. The molecule has 4 aromatic rings. The Labute approximate surface area is 162 Å². The molecule has 0 unspecified atom stereocenters. The lowest BCUT2D eigenvalue weighted by Gasteiger charge is -2.05. The molecule has 0 saturated heterocycles. The Morgan fingerprint density at radius 1 is 1.22 bits per heavy atom. The first-order valence-corrected chi connectivity index (χ1v) is 10.1. The van der Waals surface area contributed by atoms with Crippen molar-refractivity contribution in [1.29, 1.82) is 0 Å². The van der Waals surface area contributed by atoms with Gasteiger partial charge >= 0.3 is 0 Å². The predicted molar refractivity (Wildman–Crippen MR) is 103 cm³/mol. The van der Waals surface area contributed by atoms with Crippen LogP contribution in [0.5, 0.6) is 11.5 Å². The molecule has 0 saturated carbocycles. The van der Waals surface area contributed by atoms with Gasteiger partial charge in [-0.25, -0.2) is 4.52 Å². The molecule has 0 spiro atoms. The number of aromatic nitrogens is 3. The number of hydrogen-bond donors (Lipinski definition) is 1. The standard InChI is InChI=1S/C18H14N4O3S2/c23-17(11-3-4-13-14(8-11)25-10-24-13)19-6-5-12-9-27-18-20-16(21-22(12)18)15-2-1-7-26-15/h1-4,7-9H,5-6,10H2,(H,19,23).